The smallest absolute Gasteiger partial charge is 0.292 e. The second kappa shape index (κ2) is 9.52. The number of para-hydroxylation sites is 2. The highest BCUT2D eigenvalue weighted by molar-refractivity contribution is 5.78. The Bertz CT molecular complexity index is 863. The van der Waals surface area contributed by atoms with Gasteiger partial charge in [0.2, 0.25) is 5.91 Å². The monoisotopic (exact) mass is 396 g/mol. The van der Waals surface area contributed by atoms with Gasteiger partial charge in [-0.05, 0) is 37.5 Å². The molecule has 1 unspecified atom stereocenters. The van der Waals surface area contributed by atoms with Crippen molar-refractivity contribution in [2.75, 3.05) is 37.6 Å². The number of rotatable bonds is 7. The molecule has 0 radical (unpaired) electrons. The molecule has 7 nitrogen and oxygen atoms in total. The summed E-state index contributed by atoms with van der Waals surface area (Å²) in [6.07, 6.45) is 0.809. The van der Waals surface area contributed by atoms with E-state index >= 15 is 0 Å². The number of carbonyl (C=O) groups excluding carboxylic acids is 1. The lowest BCUT2D eigenvalue weighted by atomic mass is 10.0. The number of aryl methyl sites for hydroxylation is 1. The number of piperazine rings is 1. The number of anilines is 1. The third kappa shape index (κ3) is 5.54. The maximum atomic E-state index is 12.4. The molecule has 154 valence electrons. The number of nitro benzene ring substituents is 1. The second-order valence-corrected chi connectivity index (χ2v) is 7.61. The van der Waals surface area contributed by atoms with E-state index in [4.69, 9.17) is 0 Å². The molecule has 1 aliphatic heterocycles. The van der Waals surface area contributed by atoms with Gasteiger partial charge in [0.05, 0.1) is 11.5 Å². The lowest BCUT2D eigenvalue weighted by Crippen LogP contribution is -2.50. The average Bonchev–Trinajstić information content (AvgIpc) is 2.70. The molecule has 2 aromatic rings. The predicted molar refractivity (Wildman–Crippen MR) is 114 cm³/mol. The number of nitrogens with zero attached hydrogens (tertiary/aromatic N) is 3. The lowest BCUT2D eigenvalue weighted by molar-refractivity contribution is -0.384. The Morgan fingerprint density at radius 3 is 2.45 bits per heavy atom. The molecule has 1 amide bonds. The van der Waals surface area contributed by atoms with E-state index in [0.29, 0.717) is 38.4 Å². The van der Waals surface area contributed by atoms with Gasteiger partial charge in [0, 0.05) is 38.3 Å². The van der Waals surface area contributed by atoms with Crippen molar-refractivity contribution in [3.63, 3.8) is 0 Å². The molecule has 3 rings (SSSR count). The normalized spacial score (nSPS) is 15.7. The zero-order valence-corrected chi connectivity index (χ0v) is 17.0. The van der Waals surface area contributed by atoms with Crippen LogP contribution in [0.25, 0.3) is 0 Å². The van der Waals surface area contributed by atoms with Crippen LogP contribution in [0.15, 0.2) is 48.5 Å². The highest BCUT2D eigenvalue weighted by Gasteiger charge is 2.24. The van der Waals surface area contributed by atoms with Crippen LogP contribution in [-0.4, -0.2) is 54.5 Å². The van der Waals surface area contributed by atoms with Crippen LogP contribution in [-0.2, 0) is 11.2 Å². The zero-order valence-electron chi connectivity index (χ0n) is 17.0. The number of nitro groups is 1. The number of hydrogen-bond acceptors (Lipinski definition) is 5. The van der Waals surface area contributed by atoms with Gasteiger partial charge >= 0.3 is 0 Å². The van der Waals surface area contributed by atoms with E-state index in [1.54, 1.807) is 12.1 Å². The summed E-state index contributed by atoms with van der Waals surface area (Å²) in [5, 5.41) is 14.3. The number of amides is 1. The van der Waals surface area contributed by atoms with Crippen molar-refractivity contribution >= 4 is 17.3 Å². The first-order chi connectivity index (χ1) is 13.9. The molecule has 1 heterocycles. The van der Waals surface area contributed by atoms with Crippen LogP contribution in [0.3, 0.4) is 0 Å². The van der Waals surface area contributed by atoms with E-state index < -0.39 is 0 Å². The Morgan fingerprint density at radius 2 is 1.76 bits per heavy atom. The Morgan fingerprint density at radius 1 is 1.10 bits per heavy atom. The quantitative estimate of drug-likeness (QED) is 0.575. The van der Waals surface area contributed by atoms with Gasteiger partial charge in [0.1, 0.15) is 5.69 Å². The molecule has 0 spiro atoms. The van der Waals surface area contributed by atoms with Crippen LogP contribution >= 0.6 is 0 Å². The van der Waals surface area contributed by atoms with Gasteiger partial charge in [-0.25, -0.2) is 0 Å². The summed E-state index contributed by atoms with van der Waals surface area (Å²) >= 11 is 0. The van der Waals surface area contributed by atoms with Crippen LogP contribution in [0.5, 0.6) is 0 Å². The van der Waals surface area contributed by atoms with Crippen molar-refractivity contribution in [3.05, 3.63) is 69.8 Å². The van der Waals surface area contributed by atoms with Crippen LogP contribution in [0, 0.1) is 17.0 Å². The molecule has 7 heteroatoms. The highest BCUT2D eigenvalue weighted by Crippen LogP contribution is 2.28. The number of carbonyl (C=O) groups is 1. The Balaban J connectivity index is 1.47. The van der Waals surface area contributed by atoms with Gasteiger partial charge in [0.15, 0.2) is 0 Å². The summed E-state index contributed by atoms with van der Waals surface area (Å²) in [4.78, 5) is 27.5. The van der Waals surface area contributed by atoms with Crippen LogP contribution in [0.2, 0.25) is 0 Å². The van der Waals surface area contributed by atoms with E-state index in [1.165, 1.54) is 17.2 Å². The standard InChI is InChI=1S/C22H28N4O3/c1-17-7-3-4-8-19(17)15-18(2)23-22(27)16-24-11-13-25(14-12-24)20-9-5-6-10-21(20)26(28)29/h3-10,18H,11-16H2,1-2H3,(H,23,27). The van der Waals surface area contributed by atoms with E-state index in [1.807, 2.05) is 30.0 Å². The van der Waals surface area contributed by atoms with Gasteiger partial charge in [0.25, 0.3) is 5.69 Å². The lowest BCUT2D eigenvalue weighted by Gasteiger charge is -2.35. The summed E-state index contributed by atoms with van der Waals surface area (Å²) in [6.45, 7) is 7.19. The summed E-state index contributed by atoms with van der Waals surface area (Å²) < 4.78 is 0. The molecule has 1 fully saturated rings. The predicted octanol–water partition coefficient (Wildman–Crippen LogP) is 2.77. The van der Waals surface area contributed by atoms with E-state index in [-0.39, 0.29) is 22.6 Å². The first kappa shape index (κ1) is 20.8. The fourth-order valence-corrected chi connectivity index (χ4v) is 3.78. The minimum absolute atomic E-state index is 0.0187. The van der Waals surface area contributed by atoms with Crippen LogP contribution in [0.4, 0.5) is 11.4 Å². The third-order valence-electron chi connectivity index (χ3n) is 5.35. The molecule has 1 atom stereocenters. The minimum atomic E-state index is -0.342. The fourth-order valence-electron chi connectivity index (χ4n) is 3.78. The average molecular weight is 396 g/mol. The number of nitrogens with one attached hydrogen (secondary N) is 1. The van der Waals surface area contributed by atoms with Crippen molar-refractivity contribution in [1.82, 2.24) is 10.2 Å². The molecular weight excluding hydrogens is 368 g/mol. The van der Waals surface area contributed by atoms with E-state index in [9.17, 15) is 14.9 Å². The molecule has 0 bridgehead atoms. The second-order valence-electron chi connectivity index (χ2n) is 7.61. The van der Waals surface area contributed by atoms with Crippen molar-refractivity contribution in [2.24, 2.45) is 0 Å². The molecule has 1 N–H and O–H groups in total. The summed E-state index contributed by atoms with van der Waals surface area (Å²) in [5.74, 6) is 0.0187. The third-order valence-corrected chi connectivity index (χ3v) is 5.35. The highest BCUT2D eigenvalue weighted by atomic mass is 16.6. The SMILES string of the molecule is Cc1ccccc1CC(C)NC(=O)CN1CCN(c2ccccc2[N+](=O)[O-])CC1. The Hall–Kier alpha value is -2.93. The van der Waals surface area contributed by atoms with Gasteiger partial charge < -0.3 is 10.2 Å². The summed E-state index contributed by atoms with van der Waals surface area (Å²) in [5.41, 5.74) is 3.26. The maximum Gasteiger partial charge on any atom is 0.292 e. The number of hydrogen-bond donors (Lipinski definition) is 1. The first-order valence-corrected chi connectivity index (χ1v) is 9.98. The molecular formula is C22H28N4O3. The van der Waals surface area contributed by atoms with Gasteiger partial charge in [-0.2, -0.15) is 0 Å². The Labute approximate surface area is 171 Å². The molecule has 1 aliphatic rings. The Kier molecular flexibility index (Phi) is 6.82. The van der Waals surface area contributed by atoms with E-state index in [2.05, 4.69) is 29.3 Å². The number of benzene rings is 2. The first-order valence-electron chi connectivity index (χ1n) is 9.98. The summed E-state index contributed by atoms with van der Waals surface area (Å²) in [6, 6.07) is 15.1. The van der Waals surface area contributed by atoms with E-state index in [0.717, 1.165) is 6.42 Å². The largest absolute Gasteiger partial charge is 0.363 e. The molecule has 2 aromatic carbocycles. The maximum absolute atomic E-state index is 12.4. The topological polar surface area (TPSA) is 78.7 Å². The summed E-state index contributed by atoms with van der Waals surface area (Å²) in [7, 11) is 0. The van der Waals surface area contributed by atoms with Gasteiger partial charge in [-0.15, -0.1) is 0 Å². The molecule has 29 heavy (non-hydrogen) atoms. The van der Waals surface area contributed by atoms with Crippen molar-refractivity contribution < 1.29 is 9.72 Å². The molecule has 0 saturated carbocycles. The zero-order chi connectivity index (χ0) is 20.8. The molecule has 0 aromatic heterocycles. The molecule has 0 aliphatic carbocycles. The van der Waals surface area contributed by atoms with Crippen LogP contribution in [0.1, 0.15) is 18.1 Å². The molecule has 1 saturated heterocycles. The van der Waals surface area contributed by atoms with Crippen molar-refractivity contribution in [1.29, 1.82) is 0 Å². The minimum Gasteiger partial charge on any atom is -0.363 e. The van der Waals surface area contributed by atoms with Gasteiger partial charge in [-0.3, -0.25) is 19.8 Å². The fraction of sp³-hybridized carbons (Fsp3) is 0.409. The van der Waals surface area contributed by atoms with Crippen LogP contribution < -0.4 is 10.2 Å². The van der Waals surface area contributed by atoms with Crippen molar-refractivity contribution in [2.45, 2.75) is 26.3 Å². The van der Waals surface area contributed by atoms with Gasteiger partial charge in [-0.1, -0.05) is 36.4 Å². The van der Waals surface area contributed by atoms with Crippen molar-refractivity contribution in [3.8, 4) is 0 Å².